The third-order valence-electron chi connectivity index (χ3n) is 4.38. The maximum absolute atomic E-state index is 12.4. The number of rotatable bonds is 5. The maximum Gasteiger partial charge on any atom is 0.251 e. The highest BCUT2D eigenvalue weighted by atomic mass is 32.2. The minimum absolute atomic E-state index is 0.0742. The average Bonchev–Trinajstić information content (AvgIpc) is 2.95. The molecule has 0 aliphatic carbocycles. The van der Waals surface area contributed by atoms with Crippen molar-refractivity contribution in [2.75, 3.05) is 25.7 Å². The largest absolute Gasteiger partial charge is 0.494 e. The molecule has 0 radical (unpaired) electrons. The normalized spacial score (nSPS) is 21.3. The van der Waals surface area contributed by atoms with Gasteiger partial charge in [-0.2, -0.15) is 0 Å². The van der Waals surface area contributed by atoms with E-state index in [9.17, 15) is 13.2 Å². The minimum atomic E-state index is -3.19. The Morgan fingerprint density at radius 2 is 1.88 bits per heavy atom. The topological polar surface area (TPSA) is 94.6 Å². The Morgan fingerprint density at radius 3 is 2.54 bits per heavy atom. The van der Waals surface area contributed by atoms with Gasteiger partial charge in [-0.25, -0.2) is 8.42 Å². The fraction of sp³-hybridized carbons (Fsp3) is 0.333. The first-order chi connectivity index (χ1) is 12.4. The Morgan fingerprint density at radius 1 is 1.15 bits per heavy atom. The Hall–Kier alpha value is -2.45. The van der Waals surface area contributed by atoms with E-state index in [0.717, 1.165) is 11.1 Å². The van der Waals surface area contributed by atoms with Crippen LogP contribution in [0, 0.1) is 0 Å². The Balaban J connectivity index is 1.75. The van der Waals surface area contributed by atoms with Crippen molar-refractivity contribution in [1.82, 2.24) is 10.3 Å². The van der Waals surface area contributed by atoms with Crippen molar-refractivity contribution >= 4 is 15.7 Å². The number of aromatic nitrogens is 1. The number of nitrogens with one attached hydrogen (secondary N) is 1. The second kappa shape index (κ2) is 7.43. The highest BCUT2D eigenvalue weighted by Crippen LogP contribution is 2.28. The second-order valence-electron chi connectivity index (χ2n) is 6.08. The van der Waals surface area contributed by atoms with Crippen LogP contribution in [0.3, 0.4) is 0 Å². The zero-order chi connectivity index (χ0) is 18.7. The lowest BCUT2D eigenvalue weighted by atomic mass is 10.0. The molecule has 0 bridgehead atoms. The lowest BCUT2D eigenvalue weighted by Crippen LogP contribution is -2.43. The summed E-state index contributed by atoms with van der Waals surface area (Å²) in [5.74, 6) is 0.130. The average molecular weight is 376 g/mol. The van der Waals surface area contributed by atoms with E-state index in [0.29, 0.717) is 11.3 Å². The molecule has 1 saturated heterocycles. The number of carbonyl (C=O) groups excluding carboxylic acids is 1. The number of sulfone groups is 1. The molecule has 1 aliphatic heterocycles. The summed E-state index contributed by atoms with van der Waals surface area (Å²) in [5.41, 5.74) is 2.20. The van der Waals surface area contributed by atoms with Gasteiger partial charge in [-0.1, -0.05) is 12.1 Å². The van der Waals surface area contributed by atoms with E-state index in [1.165, 1.54) is 7.11 Å². The zero-order valence-corrected chi connectivity index (χ0v) is 15.3. The number of carbonyl (C=O) groups is 1. The van der Waals surface area contributed by atoms with E-state index >= 15 is 0 Å². The van der Waals surface area contributed by atoms with Gasteiger partial charge in [0.05, 0.1) is 37.0 Å². The number of hydrogen-bond acceptors (Lipinski definition) is 6. The maximum atomic E-state index is 12.4. The Labute approximate surface area is 152 Å². The van der Waals surface area contributed by atoms with Gasteiger partial charge in [0.2, 0.25) is 0 Å². The molecule has 1 fully saturated rings. The quantitative estimate of drug-likeness (QED) is 0.845. The minimum Gasteiger partial charge on any atom is -0.494 e. The number of nitrogens with zero attached hydrogens (tertiary/aromatic N) is 1. The summed E-state index contributed by atoms with van der Waals surface area (Å²) in [7, 11) is -0.175. The molecule has 0 saturated carbocycles. The summed E-state index contributed by atoms with van der Waals surface area (Å²) in [6, 6.07) is 8.29. The van der Waals surface area contributed by atoms with Crippen molar-refractivity contribution in [2.45, 2.75) is 12.1 Å². The molecule has 1 aromatic carbocycles. The van der Waals surface area contributed by atoms with E-state index in [-0.39, 0.29) is 17.4 Å². The fourth-order valence-corrected chi connectivity index (χ4v) is 4.87. The Bertz CT molecular complexity index is 896. The molecule has 0 spiro atoms. The smallest absolute Gasteiger partial charge is 0.251 e. The highest BCUT2D eigenvalue weighted by molar-refractivity contribution is 7.91. The number of methoxy groups -OCH3 is 2. The summed E-state index contributed by atoms with van der Waals surface area (Å²) in [5, 5.41) is 2.76. The van der Waals surface area contributed by atoms with Crippen molar-refractivity contribution in [3.63, 3.8) is 0 Å². The molecular formula is C18H20N2O5S. The molecule has 3 rings (SSSR count). The number of amides is 1. The molecule has 26 heavy (non-hydrogen) atoms. The molecule has 138 valence electrons. The van der Waals surface area contributed by atoms with Crippen LogP contribution >= 0.6 is 0 Å². The van der Waals surface area contributed by atoms with Crippen molar-refractivity contribution in [3.8, 4) is 16.9 Å². The first-order valence-corrected chi connectivity index (χ1v) is 9.88. The zero-order valence-electron chi connectivity index (χ0n) is 14.5. The van der Waals surface area contributed by atoms with Crippen LogP contribution in [-0.2, 0) is 14.6 Å². The summed E-state index contributed by atoms with van der Waals surface area (Å²) >= 11 is 0. The molecule has 2 aromatic rings. The summed E-state index contributed by atoms with van der Waals surface area (Å²) in [6.45, 7) is 0. The SMILES string of the molecule is COc1cnccc1-c1ccc(C(=O)N[C@@H]2CS(=O)(=O)C[C@H]2OC)cc1. The first kappa shape index (κ1) is 18.3. The van der Waals surface area contributed by atoms with Gasteiger partial charge < -0.3 is 14.8 Å². The van der Waals surface area contributed by atoms with Gasteiger partial charge in [-0.3, -0.25) is 9.78 Å². The van der Waals surface area contributed by atoms with E-state index in [4.69, 9.17) is 9.47 Å². The van der Waals surface area contributed by atoms with Crippen molar-refractivity contribution in [2.24, 2.45) is 0 Å². The standard InChI is InChI=1S/C18H20N2O5S/c1-24-16-9-19-8-7-14(16)12-3-5-13(6-4-12)18(21)20-15-10-26(22,23)11-17(15)25-2/h3-9,15,17H,10-11H2,1-2H3,(H,20,21)/t15-,17-/m1/s1. The molecule has 1 aliphatic rings. The molecule has 2 heterocycles. The predicted molar refractivity (Wildman–Crippen MR) is 96.9 cm³/mol. The van der Waals surface area contributed by atoms with Crippen LogP contribution in [0.15, 0.2) is 42.7 Å². The summed E-state index contributed by atoms with van der Waals surface area (Å²) < 4.78 is 34.0. The van der Waals surface area contributed by atoms with Crippen LogP contribution in [0.25, 0.3) is 11.1 Å². The lowest BCUT2D eigenvalue weighted by molar-refractivity contribution is 0.0786. The third kappa shape index (κ3) is 3.86. The van der Waals surface area contributed by atoms with Gasteiger partial charge in [0.25, 0.3) is 5.91 Å². The molecular weight excluding hydrogens is 356 g/mol. The van der Waals surface area contributed by atoms with Crippen LogP contribution in [0.1, 0.15) is 10.4 Å². The van der Waals surface area contributed by atoms with Gasteiger partial charge in [0.1, 0.15) is 5.75 Å². The van der Waals surface area contributed by atoms with Crippen LogP contribution in [-0.4, -0.2) is 57.2 Å². The van der Waals surface area contributed by atoms with Crippen molar-refractivity contribution < 1.29 is 22.7 Å². The van der Waals surface area contributed by atoms with E-state index in [1.807, 2.05) is 18.2 Å². The van der Waals surface area contributed by atoms with Gasteiger partial charge in [-0.05, 0) is 23.8 Å². The first-order valence-electron chi connectivity index (χ1n) is 8.06. The number of benzene rings is 1. The van der Waals surface area contributed by atoms with Crippen molar-refractivity contribution in [3.05, 3.63) is 48.3 Å². The highest BCUT2D eigenvalue weighted by Gasteiger charge is 2.38. The van der Waals surface area contributed by atoms with Crippen molar-refractivity contribution in [1.29, 1.82) is 0 Å². The summed E-state index contributed by atoms with van der Waals surface area (Å²) in [4.78, 5) is 16.5. The molecule has 7 nitrogen and oxygen atoms in total. The third-order valence-corrected chi connectivity index (χ3v) is 6.09. The molecule has 1 aromatic heterocycles. The Kier molecular flexibility index (Phi) is 5.24. The molecule has 1 N–H and O–H groups in total. The van der Waals surface area contributed by atoms with Gasteiger partial charge in [0.15, 0.2) is 9.84 Å². The lowest BCUT2D eigenvalue weighted by Gasteiger charge is -2.18. The molecule has 8 heteroatoms. The predicted octanol–water partition coefficient (Wildman–Crippen LogP) is 1.30. The van der Waals surface area contributed by atoms with E-state index in [1.54, 1.807) is 31.6 Å². The van der Waals surface area contributed by atoms with Gasteiger partial charge in [-0.15, -0.1) is 0 Å². The monoisotopic (exact) mass is 376 g/mol. The molecule has 1 amide bonds. The number of pyridine rings is 1. The fourth-order valence-electron chi connectivity index (χ4n) is 3.02. The van der Waals surface area contributed by atoms with Crippen LogP contribution < -0.4 is 10.1 Å². The van der Waals surface area contributed by atoms with Gasteiger partial charge >= 0.3 is 0 Å². The summed E-state index contributed by atoms with van der Waals surface area (Å²) in [6.07, 6.45) is 2.77. The molecule has 0 unspecified atom stereocenters. The van der Waals surface area contributed by atoms with E-state index in [2.05, 4.69) is 10.3 Å². The number of hydrogen-bond donors (Lipinski definition) is 1. The second-order valence-corrected chi connectivity index (χ2v) is 8.24. The molecule has 2 atom stereocenters. The van der Waals surface area contributed by atoms with Gasteiger partial charge in [0, 0.05) is 24.4 Å². The van der Waals surface area contributed by atoms with E-state index < -0.39 is 22.0 Å². The van der Waals surface area contributed by atoms with Crippen LogP contribution in [0.2, 0.25) is 0 Å². The van der Waals surface area contributed by atoms with Crippen LogP contribution in [0.5, 0.6) is 5.75 Å². The van der Waals surface area contributed by atoms with Crippen LogP contribution in [0.4, 0.5) is 0 Å². The number of ether oxygens (including phenoxy) is 2.